The average Bonchev–Trinajstić information content (AvgIpc) is 2.78. The zero-order valence-corrected chi connectivity index (χ0v) is 11.5. The maximum atomic E-state index is 11.8. The van der Waals surface area contributed by atoms with Crippen LogP contribution in [0.2, 0.25) is 0 Å². The predicted octanol–water partition coefficient (Wildman–Crippen LogP) is 2.22. The van der Waals surface area contributed by atoms with Gasteiger partial charge >= 0.3 is 0 Å². The number of carbonyl (C=O) groups is 1. The molecule has 1 fully saturated rings. The summed E-state index contributed by atoms with van der Waals surface area (Å²) in [5.41, 5.74) is 2.62. The summed E-state index contributed by atoms with van der Waals surface area (Å²) in [6.45, 7) is 3.66. The zero-order chi connectivity index (χ0) is 13.1. The lowest BCUT2D eigenvalue weighted by molar-refractivity contribution is -0.130. The number of benzene rings is 1. The van der Waals surface area contributed by atoms with Crippen molar-refractivity contribution in [3.63, 3.8) is 0 Å². The third-order valence-corrected chi connectivity index (χ3v) is 3.66. The zero-order valence-electron chi connectivity index (χ0n) is 11.5. The maximum absolute atomic E-state index is 11.8. The first-order chi connectivity index (χ1) is 8.58. The van der Waals surface area contributed by atoms with Gasteiger partial charge in [-0.25, -0.2) is 0 Å². The molecule has 18 heavy (non-hydrogen) atoms. The number of nitrogens with zero attached hydrogens (tertiary/aromatic N) is 2. The Morgan fingerprint density at radius 1 is 1.33 bits per heavy atom. The Morgan fingerprint density at radius 2 is 2.00 bits per heavy atom. The van der Waals surface area contributed by atoms with E-state index in [9.17, 15) is 4.79 Å². The minimum Gasteiger partial charge on any atom is -0.348 e. The van der Waals surface area contributed by atoms with Crippen LogP contribution in [0.25, 0.3) is 0 Å². The van der Waals surface area contributed by atoms with Gasteiger partial charge < -0.3 is 4.90 Å². The molecule has 1 saturated heterocycles. The summed E-state index contributed by atoms with van der Waals surface area (Å²) in [4.78, 5) is 15.8. The summed E-state index contributed by atoms with van der Waals surface area (Å²) in [7, 11) is 3.64. The molecule has 1 atom stereocenters. The number of hydrogen-bond acceptors (Lipinski definition) is 2. The summed E-state index contributed by atoms with van der Waals surface area (Å²) < 4.78 is 0. The fourth-order valence-electron chi connectivity index (χ4n) is 2.50. The molecule has 3 nitrogen and oxygen atoms in total. The van der Waals surface area contributed by atoms with E-state index in [1.807, 2.05) is 14.1 Å². The van der Waals surface area contributed by atoms with Crippen molar-refractivity contribution in [3.8, 4) is 0 Å². The molecule has 0 spiro atoms. The molecule has 1 heterocycles. The summed E-state index contributed by atoms with van der Waals surface area (Å²) in [6.07, 6.45) is 2.34. The fraction of sp³-hybridized carbons (Fsp3) is 0.533. The number of likely N-dealkylation sites (N-methyl/N-ethyl adjacent to an activating group) is 1. The predicted molar refractivity (Wildman–Crippen MR) is 73.4 cm³/mol. The molecule has 0 saturated carbocycles. The Hall–Kier alpha value is -1.35. The molecule has 1 aliphatic heterocycles. The highest BCUT2D eigenvalue weighted by Gasteiger charge is 2.27. The molecule has 2 rings (SSSR count). The first kappa shape index (κ1) is 13.1. The SMILES string of the molecule is Cc1ccc([C@@H]2CCCN2CC(=O)N(C)C)cc1. The summed E-state index contributed by atoms with van der Waals surface area (Å²) >= 11 is 0. The molecule has 98 valence electrons. The third kappa shape index (κ3) is 2.91. The summed E-state index contributed by atoms with van der Waals surface area (Å²) in [6, 6.07) is 9.10. The van der Waals surface area contributed by atoms with E-state index in [0.717, 1.165) is 13.0 Å². The fourth-order valence-corrected chi connectivity index (χ4v) is 2.50. The first-order valence-corrected chi connectivity index (χ1v) is 6.58. The minimum absolute atomic E-state index is 0.189. The highest BCUT2D eigenvalue weighted by atomic mass is 16.2. The van der Waals surface area contributed by atoms with Crippen LogP contribution in [0.4, 0.5) is 0 Å². The number of amides is 1. The highest BCUT2D eigenvalue weighted by Crippen LogP contribution is 2.31. The van der Waals surface area contributed by atoms with Gasteiger partial charge in [-0.05, 0) is 31.9 Å². The lowest BCUT2D eigenvalue weighted by Crippen LogP contribution is -2.36. The lowest BCUT2D eigenvalue weighted by atomic mass is 10.0. The first-order valence-electron chi connectivity index (χ1n) is 6.58. The van der Waals surface area contributed by atoms with Crippen LogP contribution in [0.3, 0.4) is 0 Å². The van der Waals surface area contributed by atoms with Gasteiger partial charge in [0.2, 0.25) is 5.91 Å². The second-order valence-corrected chi connectivity index (χ2v) is 5.33. The van der Waals surface area contributed by atoms with Crippen molar-refractivity contribution in [1.82, 2.24) is 9.80 Å². The van der Waals surface area contributed by atoms with Gasteiger partial charge in [0.05, 0.1) is 6.54 Å². The Kier molecular flexibility index (Phi) is 4.02. The van der Waals surface area contributed by atoms with Crippen molar-refractivity contribution in [1.29, 1.82) is 0 Å². The number of aryl methyl sites for hydroxylation is 1. The normalized spacial score (nSPS) is 20.1. The van der Waals surface area contributed by atoms with E-state index in [1.54, 1.807) is 4.90 Å². The monoisotopic (exact) mass is 246 g/mol. The van der Waals surface area contributed by atoms with Crippen LogP contribution in [0, 0.1) is 6.92 Å². The van der Waals surface area contributed by atoms with Crippen molar-refractivity contribution < 1.29 is 4.79 Å². The van der Waals surface area contributed by atoms with Gasteiger partial charge in [0.15, 0.2) is 0 Å². The Balaban J connectivity index is 2.07. The van der Waals surface area contributed by atoms with E-state index in [0.29, 0.717) is 12.6 Å². The standard InChI is InChI=1S/C15H22N2O/c1-12-6-8-13(9-7-12)14-5-4-10-17(14)11-15(18)16(2)3/h6-9,14H,4-5,10-11H2,1-3H3/t14-/m0/s1. The molecule has 0 aliphatic carbocycles. The van der Waals surface area contributed by atoms with E-state index in [1.165, 1.54) is 17.5 Å². The van der Waals surface area contributed by atoms with Gasteiger partial charge in [-0.15, -0.1) is 0 Å². The van der Waals surface area contributed by atoms with E-state index < -0.39 is 0 Å². The van der Waals surface area contributed by atoms with Crippen LogP contribution in [-0.4, -0.2) is 42.9 Å². The topological polar surface area (TPSA) is 23.6 Å². The second kappa shape index (κ2) is 5.53. The molecule has 0 bridgehead atoms. The largest absolute Gasteiger partial charge is 0.348 e. The molecule has 0 aromatic heterocycles. The number of likely N-dealkylation sites (tertiary alicyclic amines) is 1. The Labute approximate surface area is 109 Å². The van der Waals surface area contributed by atoms with Crippen molar-refractivity contribution in [2.45, 2.75) is 25.8 Å². The molecule has 1 aromatic rings. The van der Waals surface area contributed by atoms with Crippen molar-refractivity contribution in [2.75, 3.05) is 27.2 Å². The molecular formula is C15H22N2O. The van der Waals surface area contributed by atoms with Crippen LogP contribution in [-0.2, 0) is 4.79 Å². The third-order valence-electron chi connectivity index (χ3n) is 3.66. The molecule has 1 aromatic carbocycles. The van der Waals surface area contributed by atoms with Crippen LogP contribution >= 0.6 is 0 Å². The average molecular weight is 246 g/mol. The number of carbonyl (C=O) groups excluding carboxylic acids is 1. The Bertz CT molecular complexity index is 411. The number of rotatable bonds is 3. The quantitative estimate of drug-likeness (QED) is 0.816. The van der Waals surface area contributed by atoms with Crippen molar-refractivity contribution in [2.24, 2.45) is 0 Å². The van der Waals surface area contributed by atoms with Crippen LogP contribution < -0.4 is 0 Å². The van der Waals surface area contributed by atoms with E-state index in [4.69, 9.17) is 0 Å². The van der Waals surface area contributed by atoms with Crippen LogP contribution in [0.15, 0.2) is 24.3 Å². The minimum atomic E-state index is 0.189. The van der Waals surface area contributed by atoms with Gasteiger partial charge in [-0.1, -0.05) is 29.8 Å². The van der Waals surface area contributed by atoms with Crippen molar-refractivity contribution in [3.05, 3.63) is 35.4 Å². The molecule has 1 aliphatic rings. The smallest absolute Gasteiger partial charge is 0.236 e. The number of hydrogen-bond donors (Lipinski definition) is 0. The lowest BCUT2D eigenvalue weighted by Gasteiger charge is -2.25. The molecule has 0 radical (unpaired) electrons. The second-order valence-electron chi connectivity index (χ2n) is 5.33. The van der Waals surface area contributed by atoms with E-state index in [2.05, 4.69) is 36.1 Å². The van der Waals surface area contributed by atoms with Crippen LogP contribution in [0.1, 0.15) is 30.0 Å². The van der Waals surface area contributed by atoms with E-state index in [-0.39, 0.29) is 5.91 Å². The summed E-state index contributed by atoms with van der Waals surface area (Å²) in [5.74, 6) is 0.189. The Morgan fingerprint density at radius 3 is 2.61 bits per heavy atom. The van der Waals surface area contributed by atoms with Crippen molar-refractivity contribution >= 4 is 5.91 Å². The van der Waals surface area contributed by atoms with Gasteiger partial charge in [0, 0.05) is 20.1 Å². The molecule has 0 N–H and O–H groups in total. The van der Waals surface area contributed by atoms with Gasteiger partial charge in [-0.2, -0.15) is 0 Å². The van der Waals surface area contributed by atoms with Gasteiger partial charge in [0.1, 0.15) is 0 Å². The summed E-state index contributed by atoms with van der Waals surface area (Å²) in [5, 5.41) is 0. The molecule has 3 heteroatoms. The van der Waals surface area contributed by atoms with E-state index >= 15 is 0 Å². The molecule has 0 unspecified atom stereocenters. The van der Waals surface area contributed by atoms with Crippen LogP contribution in [0.5, 0.6) is 0 Å². The highest BCUT2D eigenvalue weighted by molar-refractivity contribution is 5.77. The van der Waals surface area contributed by atoms with Gasteiger partial charge in [-0.3, -0.25) is 9.69 Å². The molecular weight excluding hydrogens is 224 g/mol. The molecule has 1 amide bonds. The van der Waals surface area contributed by atoms with Gasteiger partial charge in [0.25, 0.3) is 0 Å². The maximum Gasteiger partial charge on any atom is 0.236 e.